The lowest BCUT2D eigenvalue weighted by Gasteiger charge is -2.08. The van der Waals surface area contributed by atoms with E-state index >= 15 is 0 Å². The average Bonchev–Trinajstić information content (AvgIpc) is 2.78. The van der Waals surface area contributed by atoms with Crippen LogP contribution in [0.2, 0.25) is 0 Å². The summed E-state index contributed by atoms with van der Waals surface area (Å²) in [6.07, 6.45) is 5.62. The number of methoxy groups -OCH3 is 1. The summed E-state index contributed by atoms with van der Waals surface area (Å²) in [7, 11) is 1.28. The predicted octanol–water partition coefficient (Wildman–Crippen LogP) is 2.49. The van der Waals surface area contributed by atoms with Gasteiger partial charge in [0.15, 0.2) is 5.78 Å². The molecule has 0 spiro atoms. The molecule has 0 saturated heterocycles. The Morgan fingerprint density at radius 2 is 2.00 bits per heavy atom. The monoisotopic (exact) mass is 242 g/mol. The second-order valence-corrected chi connectivity index (χ2v) is 4.14. The lowest BCUT2D eigenvalue weighted by atomic mass is 9.97. The molecule has 3 heteroatoms. The molecular formula is C15H14O3. The number of esters is 1. The summed E-state index contributed by atoms with van der Waals surface area (Å²) in [6.45, 7) is 1.37. The van der Waals surface area contributed by atoms with Crippen molar-refractivity contribution in [2.24, 2.45) is 0 Å². The van der Waals surface area contributed by atoms with Gasteiger partial charge in [-0.25, -0.2) is 4.79 Å². The number of benzene rings is 1. The van der Waals surface area contributed by atoms with E-state index in [9.17, 15) is 9.59 Å². The van der Waals surface area contributed by atoms with E-state index in [2.05, 4.69) is 4.74 Å². The summed E-state index contributed by atoms with van der Waals surface area (Å²) in [5, 5.41) is 0. The van der Waals surface area contributed by atoms with Crippen LogP contribution >= 0.6 is 0 Å². The number of hydrogen-bond donors (Lipinski definition) is 0. The molecule has 0 N–H and O–H groups in total. The molecule has 0 radical (unpaired) electrons. The van der Waals surface area contributed by atoms with E-state index in [4.69, 9.17) is 0 Å². The lowest BCUT2D eigenvalue weighted by Crippen LogP contribution is -2.12. The molecular weight excluding hydrogens is 228 g/mol. The Morgan fingerprint density at radius 1 is 1.28 bits per heavy atom. The second kappa shape index (κ2) is 5.00. The first-order valence-corrected chi connectivity index (χ1v) is 5.71. The third kappa shape index (κ3) is 2.25. The maximum absolute atomic E-state index is 11.5. The molecule has 1 unspecified atom stereocenters. The van der Waals surface area contributed by atoms with Crippen LogP contribution in [0.25, 0.3) is 6.08 Å². The topological polar surface area (TPSA) is 43.4 Å². The Morgan fingerprint density at radius 3 is 2.67 bits per heavy atom. The van der Waals surface area contributed by atoms with Gasteiger partial charge >= 0.3 is 5.97 Å². The number of hydrogen-bond acceptors (Lipinski definition) is 3. The SMILES string of the molecule is COC(=O)C(=CC1C=Cc2ccccc21)C(C)=O. The van der Waals surface area contributed by atoms with Crippen molar-refractivity contribution in [2.75, 3.05) is 7.11 Å². The molecule has 0 aromatic heterocycles. The van der Waals surface area contributed by atoms with Crippen LogP contribution in [0.15, 0.2) is 42.0 Å². The van der Waals surface area contributed by atoms with Crippen LogP contribution in [0.1, 0.15) is 24.0 Å². The molecule has 3 nitrogen and oxygen atoms in total. The smallest absolute Gasteiger partial charge is 0.341 e. The van der Waals surface area contributed by atoms with Gasteiger partial charge < -0.3 is 4.74 Å². The predicted molar refractivity (Wildman–Crippen MR) is 69.0 cm³/mol. The first kappa shape index (κ1) is 12.3. The van der Waals surface area contributed by atoms with Crippen LogP contribution in [0, 0.1) is 0 Å². The van der Waals surface area contributed by atoms with Crippen molar-refractivity contribution in [3.8, 4) is 0 Å². The van der Waals surface area contributed by atoms with E-state index in [-0.39, 0.29) is 17.3 Å². The van der Waals surface area contributed by atoms with E-state index in [0.29, 0.717) is 0 Å². The maximum Gasteiger partial charge on any atom is 0.341 e. The minimum atomic E-state index is -0.583. The van der Waals surface area contributed by atoms with Crippen molar-refractivity contribution >= 4 is 17.8 Å². The maximum atomic E-state index is 11.5. The summed E-state index contributed by atoms with van der Waals surface area (Å²) in [5.74, 6) is -0.904. The zero-order valence-electron chi connectivity index (χ0n) is 10.3. The van der Waals surface area contributed by atoms with Gasteiger partial charge in [-0.15, -0.1) is 0 Å². The highest BCUT2D eigenvalue weighted by Gasteiger charge is 2.20. The minimum absolute atomic E-state index is 0.0424. The van der Waals surface area contributed by atoms with Gasteiger partial charge in [-0.3, -0.25) is 4.79 Å². The fraction of sp³-hybridized carbons (Fsp3) is 0.200. The molecule has 0 amide bonds. The van der Waals surface area contributed by atoms with Crippen molar-refractivity contribution in [3.05, 3.63) is 53.1 Å². The molecule has 1 aromatic carbocycles. The van der Waals surface area contributed by atoms with Gasteiger partial charge in [-0.05, 0) is 18.1 Å². The van der Waals surface area contributed by atoms with Crippen molar-refractivity contribution in [2.45, 2.75) is 12.8 Å². The van der Waals surface area contributed by atoms with Crippen molar-refractivity contribution in [1.82, 2.24) is 0 Å². The molecule has 0 aliphatic heterocycles. The van der Waals surface area contributed by atoms with Crippen LogP contribution < -0.4 is 0 Å². The molecule has 1 aromatic rings. The molecule has 1 aliphatic rings. The van der Waals surface area contributed by atoms with Crippen LogP contribution in [-0.2, 0) is 14.3 Å². The third-order valence-corrected chi connectivity index (χ3v) is 2.97. The van der Waals surface area contributed by atoms with Gasteiger partial charge in [0.25, 0.3) is 0 Å². The van der Waals surface area contributed by atoms with Gasteiger partial charge in [-0.2, -0.15) is 0 Å². The lowest BCUT2D eigenvalue weighted by molar-refractivity contribution is -0.137. The normalized spacial score (nSPS) is 17.4. The number of fused-ring (bicyclic) bond motifs is 1. The van der Waals surface area contributed by atoms with Gasteiger partial charge in [0, 0.05) is 5.92 Å². The molecule has 1 aliphatic carbocycles. The standard InChI is InChI=1S/C15H14O3/c1-10(16)14(15(17)18-2)9-12-8-7-11-5-3-4-6-13(11)12/h3-9,12H,1-2H3. The first-order chi connectivity index (χ1) is 8.63. The average molecular weight is 242 g/mol. The van der Waals surface area contributed by atoms with Crippen molar-refractivity contribution < 1.29 is 14.3 Å². The molecule has 18 heavy (non-hydrogen) atoms. The van der Waals surface area contributed by atoms with Crippen LogP contribution in [0.5, 0.6) is 0 Å². The van der Waals surface area contributed by atoms with Crippen LogP contribution in [0.4, 0.5) is 0 Å². The summed E-state index contributed by atoms with van der Waals surface area (Å²) in [4.78, 5) is 23.0. The number of carbonyl (C=O) groups is 2. The highest BCUT2D eigenvalue weighted by molar-refractivity contribution is 6.16. The van der Waals surface area contributed by atoms with Crippen LogP contribution in [0.3, 0.4) is 0 Å². The number of Topliss-reactive ketones (excluding diaryl/α,β-unsaturated/α-hetero) is 1. The minimum Gasteiger partial charge on any atom is -0.465 e. The molecule has 0 fully saturated rings. The van der Waals surface area contributed by atoms with E-state index in [0.717, 1.165) is 11.1 Å². The van der Waals surface area contributed by atoms with E-state index in [1.807, 2.05) is 36.4 Å². The van der Waals surface area contributed by atoms with Crippen molar-refractivity contribution in [1.29, 1.82) is 0 Å². The third-order valence-electron chi connectivity index (χ3n) is 2.97. The summed E-state index contributed by atoms with van der Waals surface area (Å²) >= 11 is 0. The Hall–Kier alpha value is -2.16. The second-order valence-electron chi connectivity index (χ2n) is 4.14. The molecule has 2 rings (SSSR count). The summed E-state index contributed by atoms with van der Waals surface area (Å²) in [5.41, 5.74) is 2.32. The Labute approximate surface area is 106 Å². The first-order valence-electron chi connectivity index (χ1n) is 5.71. The van der Waals surface area contributed by atoms with E-state index < -0.39 is 5.97 Å². The number of ether oxygens (including phenoxy) is 1. The van der Waals surface area contributed by atoms with Crippen molar-refractivity contribution in [3.63, 3.8) is 0 Å². The van der Waals surface area contributed by atoms with E-state index in [1.165, 1.54) is 14.0 Å². The number of allylic oxidation sites excluding steroid dienone is 2. The molecule has 0 saturated carbocycles. The summed E-state index contributed by atoms with van der Waals surface area (Å²) in [6, 6.07) is 7.90. The van der Waals surface area contributed by atoms with Gasteiger partial charge in [-0.1, -0.05) is 42.5 Å². The van der Waals surface area contributed by atoms with Gasteiger partial charge in [0.05, 0.1) is 12.7 Å². The van der Waals surface area contributed by atoms with E-state index in [1.54, 1.807) is 6.08 Å². The molecule has 0 bridgehead atoms. The highest BCUT2D eigenvalue weighted by atomic mass is 16.5. The molecule has 1 atom stereocenters. The zero-order valence-corrected chi connectivity index (χ0v) is 10.3. The molecule has 92 valence electrons. The largest absolute Gasteiger partial charge is 0.465 e. The van der Waals surface area contributed by atoms with Gasteiger partial charge in [0.2, 0.25) is 0 Å². The number of ketones is 1. The van der Waals surface area contributed by atoms with Gasteiger partial charge in [0.1, 0.15) is 0 Å². The Kier molecular flexibility index (Phi) is 3.42. The number of carbonyl (C=O) groups excluding carboxylic acids is 2. The highest BCUT2D eigenvalue weighted by Crippen LogP contribution is 2.31. The Bertz CT molecular complexity index is 553. The quantitative estimate of drug-likeness (QED) is 0.354. The number of rotatable bonds is 3. The summed E-state index contributed by atoms with van der Waals surface area (Å²) < 4.78 is 4.62. The molecule has 0 heterocycles. The van der Waals surface area contributed by atoms with Crippen LogP contribution in [-0.4, -0.2) is 18.9 Å². The Balaban J connectivity index is 2.37. The zero-order chi connectivity index (χ0) is 13.1. The fourth-order valence-electron chi connectivity index (χ4n) is 2.04. The fourth-order valence-corrected chi connectivity index (χ4v) is 2.04.